The van der Waals surface area contributed by atoms with Crippen molar-refractivity contribution in [2.24, 2.45) is 0 Å². The van der Waals surface area contributed by atoms with Gasteiger partial charge in [0, 0.05) is 24.8 Å². The van der Waals surface area contributed by atoms with E-state index in [1.165, 1.54) is 11.8 Å². The third-order valence-corrected chi connectivity index (χ3v) is 3.24. The number of anilines is 1. The highest BCUT2D eigenvalue weighted by Gasteiger charge is 2.48. The van der Waals surface area contributed by atoms with Gasteiger partial charge in [0.2, 0.25) is 0 Å². The Morgan fingerprint density at radius 2 is 1.86 bits per heavy atom. The van der Waals surface area contributed by atoms with Gasteiger partial charge in [0.15, 0.2) is 5.72 Å². The minimum Gasteiger partial charge on any atom is -0.431 e. The second-order valence-electron chi connectivity index (χ2n) is 5.02. The molecule has 0 aliphatic carbocycles. The van der Waals surface area contributed by atoms with Crippen LogP contribution < -0.4 is 10.2 Å². The van der Waals surface area contributed by atoms with E-state index in [4.69, 9.17) is 0 Å². The lowest BCUT2D eigenvalue weighted by molar-refractivity contribution is -0.213. The van der Waals surface area contributed by atoms with E-state index in [0.29, 0.717) is 12.6 Å². The third kappa shape index (κ3) is 3.46. The van der Waals surface area contributed by atoms with Gasteiger partial charge in [0.25, 0.3) is 0 Å². The third-order valence-electron chi connectivity index (χ3n) is 3.24. The van der Waals surface area contributed by atoms with Crippen LogP contribution in [0.5, 0.6) is 0 Å². The summed E-state index contributed by atoms with van der Waals surface area (Å²) in [5.41, 5.74) is -1.72. The first-order valence-corrected chi connectivity index (χ1v) is 6.36. The van der Waals surface area contributed by atoms with Crippen LogP contribution >= 0.6 is 0 Å². The summed E-state index contributed by atoms with van der Waals surface area (Å²) < 4.78 is 68.4. The molecule has 1 heterocycles. The van der Waals surface area contributed by atoms with E-state index in [9.17, 15) is 26.7 Å². The van der Waals surface area contributed by atoms with E-state index >= 15 is 0 Å². The molecule has 1 aliphatic heterocycles. The summed E-state index contributed by atoms with van der Waals surface area (Å²) in [7, 11) is 0. The number of halogens is 5. The number of ether oxygens (including phenoxy) is 1. The molecule has 1 atom stereocenters. The summed E-state index contributed by atoms with van der Waals surface area (Å²) in [5.74, 6) is -4.11. The highest BCUT2D eigenvalue weighted by atomic mass is 19.4. The van der Waals surface area contributed by atoms with E-state index in [1.807, 2.05) is 0 Å². The van der Waals surface area contributed by atoms with Crippen molar-refractivity contribution >= 4 is 11.7 Å². The Balaban J connectivity index is 2.33. The second-order valence-corrected chi connectivity index (χ2v) is 5.02. The van der Waals surface area contributed by atoms with Crippen molar-refractivity contribution in [2.45, 2.75) is 18.8 Å². The molecule has 122 valence electrons. The summed E-state index contributed by atoms with van der Waals surface area (Å²) in [4.78, 5) is 12.3. The number of nitrogens with one attached hydrogen (secondary N) is 1. The van der Waals surface area contributed by atoms with E-state index in [2.05, 4.69) is 10.1 Å². The number of hydrogen-bond donors (Lipinski definition) is 1. The predicted octanol–water partition coefficient (Wildman–Crippen LogP) is 2.20. The quantitative estimate of drug-likeness (QED) is 0.669. The fourth-order valence-electron chi connectivity index (χ4n) is 2.29. The highest BCUT2D eigenvalue weighted by molar-refractivity contribution is 5.76. The summed E-state index contributed by atoms with van der Waals surface area (Å²) in [6.07, 6.45) is -5.15. The predicted molar refractivity (Wildman–Crippen MR) is 67.1 cm³/mol. The van der Waals surface area contributed by atoms with Crippen molar-refractivity contribution in [3.8, 4) is 0 Å². The van der Waals surface area contributed by atoms with Crippen molar-refractivity contribution in [1.82, 2.24) is 5.32 Å². The molecule has 1 fully saturated rings. The van der Waals surface area contributed by atoms with E-state index < -0.39 is 29.5 Å². The van der Waals surface area contributed by atoms with Crippen LogP contribution in [-0.2, 0) is 9.53 Å². The van der Waals surface area contributed by atoms with Crippen LogP contribution in [0, 0.1) is 11.6 Å². The standard InChI is InChI=1S/C13H13F5N2O2/c1-12(22-11(21)13(16,17)18)7-19-2-3-20(12)10-5-8(14)4-9(15)6-10/h4-6,19H,2-3,7H2,1H3/t12-/m1/s1. The summed E-state index contributed by atoms with van der Waals surface area (Å²) in [6, 6.07) is 2.58. The van der Waals surface area contributed by atoms with Crippen molar-refractivity contribution in [3.05, 3.63) is 29.8 Å². The van der Waals surface area contributed by atoms with Crippen LogP contribution in [0.2, 0.25) is 0 Å². The number of alkyl halides is 3. The summed E-state index contributed by atoms with van der Waals surface area (Å²) >= 11 is 0. The first-order chi connectivity index (χ1) is 10.1. The van der Waals surface area contributed by atoms with E-state index in [0.717, 1.165) is 12.1 Å². The number of hydrogen-bond acceptors (Lipinski definition) is 4. The average Bonchev–Trinajstić information content (AvgIpc) is 2.36. The van der Waals surface area contributed by atoms with Crippen molar-refractivity contribution in [3.63, 3.8) is 0 Å². The molecule has 1 aliphatic rings. The van der Waals surface area contributed by atoms with Gasteiger partial charge in [-0.1, -0.05) is 0 Å². The van der Waals surface area contributed by atoms with E-state index in [1.54, 1.807) is 0 Å². The molecule has 4 nitrogen and oxygen atoms in total. The first kappa shape index (κ1) is 16.5. The SMILES string of the molecule is C[C@@]1(OC(=O)C(F)(F)F)CNCCN1c1cc(F)cc(F)c1. The van der Waals surface area contributed by atoms with Crippen LogP contribution in [0.25, 0.3) is 0 Å². The molecule has 1 saturated heterocycles. The molecule has 0 spiro atoms. The Morgan fingerprint density at radius 1 is 1.27 bits per heavy atom. The molecular weight excluding hydrogens is 311 g/mol. The van der Waals surface area contributed by atoms with Crippen LogP contribution in [0.3, 0.4) is 0 Å². The zero-order valence-corrected chi connectivity index (χ0v) is 11.5. The highest BCUT2D eigenvalue weighted by Crippen LogP contribution is 2.30. The Labute approximate surface area is 122 Å². The number of esters is 1. The number of carbonyl (C=O) groups excluding carboxylic acids is 1. The maximum absolute atomic E-state index is 13.3. The van der Waals surface area contributed by atoms with Crippen molar-refractivity contribution in [2.75, 3.05) is 24.5 Å². The normalized spacial score (nSPS) is 22.5. The molecule has 0 unspecified atom stereocenters. The number of benzene rings is 1. The molecule has 2 rings (SSSR count). The van der Waals surface area contributed by atoms with Crippen LogP contribution in [0.4, 0.5) is 27.6 Å². The van der Waals surface area contributed by atoms with Crippen molar-refractivity contribution in [1.29, 1.82) is 0 Å². The molecule has 0 amide bonds. The summed E-state index contributed by atoms with van der Waals surface area (Å²) in [5, 5.41) is 2.79. The van der Waals surface area contributed by atoms with Gasteiger partial charge in [0.1, 0.15) is 11.6 Å². The molecule has 1 N–H and O–H groups in total. The zero-order valence-electron chi connectivity index (χ0n) is 11.5. The minimum atomic E-state index is -5.15. The zero-order chi connectivity index (χ0) is 16.5. The molecule has 0 saturated carbocycles. The Morgan fingerprint density at radius 3 is 2.41 bits per heavy atom. The monoisotopic (exact) mass is 324 g/mol. The molecule has 0 aromatic heterocycles. The van der Waals surface area contributed by atoms with Gasteiger partial charge in [-0.2, -0.15) is 13.2 Å². The Hall–Kier alpha value is -1.90. The molecule has 22 heavy (non-hydrogen) atoms. The Bertz CT molecular complexity index is 558. The maximum atomic E-state index is 13.3. The molecule has 1 aromatic carbocycles. The van der Waals surface area contributed by atoms with Gasteiger partial charge >= 0.3 is 12.1 Å². The van der Waals surface area contributed by atoms with E-state index in [-0.39, 0.29) is 18.8 Å². The lowest BCUT2D eigenvalue weighted by Crippen LogP contribution is -2.62. The average molecular weight is 324 g/mol. The van der Waals surface area contributed by atoms with Crippen LogP contribution in [0.15, 0.2) is 18.2 Å². The van der Waals surface area contributed by atoms with Gasteiger partial charge in [-0.3, -0.25) is 0 Å². The smallest absolute Gasteiger partial charge is 0.431 e. The largest absolute Gasteiger partial charge is 0.491 e. The van der Waals surface area contributed by atoms with Gasteiger partial charge in [0.05, 0.1) is 6.54 Å². The number of carbonyl (C=O) groups is 1. The van der Waals surface area contributed by atoms with Crippen molar-refractivity contribution < 1.29 is 31.5 Å². The fraction of sp³-hybridized carbons (Fsp3) is 0.462. The molecule has 9 heteroatoms. The molecule has 0 bridgehead atoms. The van der Waals surface area contributed by atoms with Gasteiger partial charge < -0.3 is 15.0 Å². The number of piperazine rings is 1. The Kier molecular flexibility index (Phi) is 4.28. The van der Waals surface area contributed by atoms with Crippen LogP contribution in [-0.4, -0.2) is 37.5 Å². The fourth-order valence-corrected chi connectivity index (χ4v) is 2.29. The lowest BCUT2D eigenvalue weighted by atomic mass is 10.1. The lowest BCUT2D eigenvalue weighted by Gasteiger charge is -2.45. The minimum absolute atomic E-state index is 0.00326. The second kappa shape index (κ2) is 5.71. The van der Waals surface area contributed by atoms with Gasteiger partial charge in [-0.15, -0.1) is 0 Å². The molecular formula is C13H13F5N2O2. The molecule has 1 aromatic rings. The molecule has 0 radical (unpaired) electrons. The number of rotatable bonds is 2. The summed E-state index contributed by atoms with van der Waals surface area (Å²) in [6.45, 7) is 1.60. The van der Waals surface area contributed by atoms with Crippen LogP contribution in [0.1, 0.15) is 6.92 Å². The van der Waals surface area contributed by atoms with Gasteiger partial charge in [-0.25, -0.2) is 13.6 Å². The first-order valence-electron chi connectivity index (χ1n) is 6.36. The maximum Gasteiger partial charge on any atom is 0.491 e. The van der Waals surface area contributed by atoms with Gasteiger partial charge in [-0.05, 0) is 19.1 Å². The topological polar surface area (TPSA) is 41.6 Å². The number of nitrogens with zero attached hydrogens (tertiary/aromatic N) is 1.